The van der Waals surface area contributed by atoms with E-state index >= 15 is 0 Å². The Bertz CT molecular complexity index is 982. The van der Waals surface area contributed by atoms with Gasteiger partial charge in [0.05, 0.1) is 16.6 Å². The number of halogens is 1. The van der Waals surface area contributed by atoms with Crippen molar-refractivity contribution in [1.29, 1.82) is 0 Å². The van der Waals surface area contributed by atoms with E-state index in [1.807, 2.05) is 43.9 Å². The van der Waals surface area contributed by atoms with Crippen molar-refractivity contribution in [3.8, 4) is 16.2 Å². The topological polar surface area (TPSA) is 54.9 Å². The van der Waals surface area contributed by atoms with Gasteiger partial charge in [0.15, 0.2) is 5.13 Å². The number of aromatic nitrogens is 1. The molecule has 2 fully saturated rings. The van der Waals surface area contributed by atoms with Crippen LogP contribution in [0.3, 0.4) is 0 Å². The van der Waals surface area contributed by atoms with E-state index < -0.39 is 5.60 Å². The number of carbonyl (C=O) groups excluding carboxylic acids is 1. The molecule has 2 aromatic rings. The molecule has 3 aliphatic rings. The molecule has 2 aliphatic heterocycles. The number of benzene rings is 1. The van der Waals surface area contributed by atoms with Crippen molar-refractivity contribution in [3.05, 3.63) is 28.9 Å². The van der Waals surface area contributed by atoms with Crippen molar-refractivity contribution < 1.29 is 14.3 Å². The Hall–Kier alpha value is -1.99. The van der Waals surface area contributed by atoms with Gasteiger partial charge < -0.3 is 19.3 Å². The third-order valence-corrected chi connectivity index (χ3v) is 7.15. The van der Waals surface area contributed by atoms with Gasteiger partial charge in [0.1, 0.15) is 18.0 Å². The van der Waals surface area contributed by atoms with Crippen LogP contribution in [0.1, 0.15) is 39.3 Å². The number of thiazole rings is 1. The number of carbonyl (C=O) groups is 1. The fraction of sp³-hybridized carbons (Fsp3) is 0.545. The third-order valence-electron chi connectivity index (χ3n) is 5.72. The zero-order valence-electron chi connectivity index (χ0n) is 17.5. The normalized spacial score (nSPS) is 21.0. The van der Waals surface area contributed by atoms with Crippen LogP contribution in [0.2, 0.25) is 5.02 Å². The molecule has 0 N–H and O–H groups in total. The van der Waals surface area contributed by atoms with Crippen molar-refractivity contribution in [2.45, 2.75) is 51.9 Å². The lowest BCUT2D eigenvalue weighted by atomic mass is 10.1. The summed E-state index contributed by atoms with van der Waals surface area (Å²) in [6, 6.07) is 5.94. The quantitative estimate of drug-likeness (QED) is 0.634. The van der Waals surface area contributed by atoms with Crippen molar-refractivity contribution in [2.75, 3.05) is 24.5 Å². The minimum atomic E-state index is -0.479. The minimum absolute atomic E-state index is 0.178. The molecule has 0 radical (unpaired) electrons. The maximum atomic E-state index is 12.8. The number of anilines is 1. The molecule has 1 aromatic carbocycles. The van der Waals surface area contributed by atoms with Crippen LogP contribution in [0.25, 0.3) is 10.4 Å². The number of nitrogens with zero attached hydrogens (tertiary/aromatic N) is 3. The van der Waals surface area contributed by atoms with E-state index in [9.17, 15) is 4.79 Å². The van der Waals surface area contributed by atoms with Crippen molar-refractivity contribution >= 4 is 34.2 Å². The second-order valence-electron chi connectivity index (χ2n) is 9.23. The molecule has 0 spiro atoms. The zero-order chi connectivity index (χ0) is 21.0. The molecule has 0 bridgehead atoms. The predicted molar refractivity (Wildman–Crippen MR) is 119 cm³/mol. The zero-order valence-corrected chi connectivity index (χ0v) is 19.1. The number of amides is 1. The number of hydrogen-bond acceptors (Lipinski definition) is 6. The van der Waals surface area contributed by atoms with E-state index in [0.717, 1.165) is 40.1 Å². The standard InChI is InChI=1S/C22H26ClN3O3S/c1-22(2,3)29-21(27)26-9-8-25(11-17(26)13-4-5-13)20-24-16-12-28-18-10-14(23)6-7-15(18)19(16)30-20/h6-7,10,13,17H,4-5,8-9,11-12H2,1-3H3. The molecule has 1 atom stereocenters. The molecular formula is C22H26ClN3O3S. The molecule has 30 heavy (non-hydrogen) atoms. The first-order valence-corrected chi connectivity index (χ1v) is 11.6. The summed E-state index contributed by atoms with van der Waals surface area (Å²) in [5.74, 6) is 1.37. The first-order chi connectivity index (χ1) is 14.3. The van der Waals surface area contributed by atoms with Gasteiger partial charge in [0.2, 0.25) is 0 Å². The maximum Gasteiger partial charge on any atom is 0.410 e. The second-order valence-corrected chi connectivity index (χ2v) is 10.6. The average molecular weight is 448 g/mol. The van der Waals surface area contributed by atoms with Crippen LogP contribution in [0.4, 0.5) is 9.93 Å². The van der Waals surface area contributed by atoms with Crippen molar-refractivity contribution in [1.82, 2.24) is 9.88 Å². The first-order valence-electron chi connectivity index (χ1n) is 10.5. The van der Waals surface area contributed by atoms with Gasteiger partial charge in [-0.15, -0.1) is 0 Å². The Kier molecular flexibility index (Phi) is 4.86. The average Bonchev–Trinajstić information content (AvgIpc) is 3.44. The molecule has 3 heterocycles. The van der Waals surface area contributed by atoms with E-state index in [0.29, 0.717) is 24.1 Å². The summed E-state index contributed by atoms with van der Waals surface area (Å²) in [6.07, 6.45) is 2.15. The Labute approximate surface area is 185 Å². The highest BCUT2D eigenvalue weighted by atomic mass is 35.5. The lowest BCUT2D eigenvalue weighted by Crippen LogP contribution is -2.57. The van der Waals surface area contributed by atoms with Gasteiger partial charge in [-0.2, -0.15) is 0 Å². The highest BCUT2D eigenvalue weighted by Gasteiger charge is 2.43. The molecule has 1 saturated carbocycles. The van der Waals surface area contributed by atoms with Crippen molar-refractivity contribution in [2.24, 2.45) is 5.92 Å². The molecule has 5 rings (SSSR count). The van der Waals surface area contributed by atoms with Gasteiger partial charge in [-0.1, -0.05) is 22.9 Å². The van der Waals surface area contributed by atoms with E-state index in [-0.39, 0.29) is 12.1 Å². The fourth-order valence-corrected chi connectivity index (χ4v) is 5.44. The molecule has 1 unspecified atom stereocenters. The maximum absolute atomic E-state index is 12.8. The summed E-state index contributed by atoms with van der Waals surface area (Å²) >= 11 is 7.82. The molecule has 160 valence electrons. The Morgan fingerprint density at radius 1 is 1.30 bits per heavy atom. The van der Waals surface area contributed by atoms with Crippen LogP contribution >= 0.6 is 22.9 Å². The summed E-state index contributed by atoms with van der Waals surface area (Å²) in [5, 5.41) is 1.67. The highest BCUT2D eigenvalue weighted by molar-refractivity contribution is 7.19. The molecule has 1 amide bonds. The third kappa shape index (κ3) is 3.85. The summed E-state index contributed by atoms with van der Waals surface area (Å²) < 4.78 is 11.5. The lowest BCUT2D eigenvalue weighted by Gasteiger charge is -2.42. The molecule has 1 aromatic heterocycles. The number of fused-ring (bicyclic) bond motifs is 3. The fourth-order valence-electron chi connectivity index (χ4n) is 4.15. The summed E-state index contributed by atoms with van der Waals surface area (Å²) in [6.45, 7) is 8.42. The van der Waals surface area contributed by atoms with Gasteiger partial charge in [-0.3, -0.25) is 0 Å². The van der Waals surface area contributed by atoms with Crippen LogP contribution in [0.5, 0.6) is 5.75 Å². The molecular weight excluding hydrogens is 422 g/mol. The van der Waals surface area contributed by atoms with Gasteiger partial charge in [-0.05, 0) is 57.7 Å². The number of hydrogen-bond donors (Lipinski definition) is 0. The van der Waals surface area contributed by atoms with E-state index in [1.54, 1.807) is 11.3 Å². The lowest BCUT2D eigenvalue weighted by molar-refractivity contribution is 0.0116. The van der Waals surface area contributed by atoms with Crippen LogP contribution in [0.15, 0.2) is 18.2 Å². The second kappa shape index (κ2) is 7.31. The molecule has 8 heteroatoms. The smallest absolute Gasteiger partial charge is 0.410 e. The number of piperazine rings is 1. The van der Waals surface area contributed by atoms with Gasteiger partial charge in [0.25, 0.3) is 0 Å². The Morgan fingerprint density at radius 2 is 2.10 bits per heavy atom. The van der Waals surface area contributed by atoms with E-state index in [4.69, 9.17) is 26.1 Å². The summed E-state index contributed by atoms with van der Waals surface area (Å²) in [4.78, 5) is 23.1. The number of ether oxygens (including phenoxy) is 2. The first kappa shape index (κ1) is 19.9. The van der Waals surface area contributed by atoms with Crippen LogP contribution in [-0.2, 0) is 11.3 Å². The highest BCUT2D eigenvalue weighted by Crippen LogP contribution is 2.45. The minimum Gasteiger partial charge on any atom is -0.487 e. The van der Waals surface area contributed by atoms with Gasteiger partial charge >= 0.3 is 6.09 Å². The molecule has 1 saturated heterocycles. The Balaban J connectivity index is 1.37. The predicted octanol–water partition coefficient (Wildman–Crippen LogP) is 5.19. The monoisotopic (exact) mass is 447 g/mol. The largest absolute Gasteiger partial charge is 0.487 e. The van der Waals surface area contributed by atoms with E-state index in [1.165, 1.54) is 12.8 Å². The van der Waals surface area contributed by atoms with Gasteiger partial charge in [-0.25, -0.2) is 9.78 Å². The SMILES string of the molecule is CC(C)(C)OC(=O)N1CCN(c2nc3c(s2)-c2ccc(Cl)cc2OC3)CC1C1CC1. The Morgan fingerprint density at radius 3 is 2.83 bits per heavy atom. The van der Waals surface area contributed by atoms with E-state index in [2.05, 4.69) is 4.90 Å². The van der Waals surface area contributed by atoms with Crippen LogP contribution < -0.4 is 9.64 Å². The van der Waals surface area contributed by atoms with Crippen molar-refractivity contribution in [3.63, 3.8) is 0 Å². The molecule has 1 aliphatic carbocycles. The summed E-state index contributed by atoms with van der Waals surface area (Å²) in [5.41, 5.74) is 1.55. The van der Waals surface area contributed by atoms with Crippen LogP contribution in [0, 0.1) is 5.92 Å². The molecule has 6 nitrogen and oxygen atoms in total. The van der Waals surface area contributed by atoms with Crippen LogP contribution in [-0.4, -0.2) is 47.3 Å². The van der Waals surface area contributed by atoms with Gasteiger partial charge in [0, 0.05) is 30.2 Å². The number of rotatable bonds is 2. The summed E-state index contributed by atoms with van der Waals surface area (Å²) in [7, 11) is 0.